The van der Waals surface area contributed by atoms with Gasteiger partial charge >= 0.3 is 6.18 Å². The Kier molecular flexibility index (Phi) is 2.55. The maximum Gasteiger partial charge on any atom is 0.418 e. The van der Waals surface area contributed by atoms with Crippen LogP contribution in [0.4, 0.5) is 13.2 Å². The van der Waals surface area contributed by atoms with Gasteiger partial charge in [-0.3, -0.25) is 4.98 Å². The lowest BCUT2D eigenvalue weighted by molar-refractivity contribution is -0.137. The quantitative estimate of drug-likeness (QED) is 0.748. The van der Waals surface area contributed by atoms with Crippen LogP contribution in [0.15, 0.2) is 36.8 Å². The lowest BCUT2D eigenvalue weighted by atomic mass is 10.2. The molecule has 82 valence electrons. The van der Waals surface area contributed by atoms with Crippen LogP contribution >= 0.6 is 0 Å². The lowest BCUT2D eigenvalue weighted by Crippen LogP contribution is -2.09. The molecule has 0 aliphatic carbocycles. The van der Waals surface area contributed by atoms with Crippen LogP contribution in [0.3, 0.4) is 0 Å². The zero-order valence-corrected chi connectivity index (χ0v) is 7.94. The molecule has 0 aliphatic heterocycles. The summed E-state index contributed by atoms with van der Waals surface area (Å²) in [4.78, 5) is 11.2. The van der Waals surface area contributed by atoms with E-state index in [-0.39, 0.29) is 11.5 Å². The van der Waals surface area contributed by atoms with E-state index in [9.17, 15) is 13.2 Å². The molecule has 0 radical (unpaired) electrons. The summed E-state index contributed by atoms with van der Waals surface area (Å²) in [7, 11) is 0. The largest absolute Gasteiger partial charge is 0.418 e. The Morgan fingerprint density at radius 1 is 0.875 bits per heavy atom. The molecule has 0 unspecified atom stereocenters. The van der Waals surface area contributed by atoms with Crippen molar-refractivity contribution >= 4 is 0 Å². The average Bonchev–Trinajstić information content (AvgIpc) is 2.29. The Balaban J connectivity index is 2.58. The standard InChI is InChI=1S/C10H6F3N3/c11-10(12,13)7-3-1-4-14-8(7)9-15-5-2-6-16-9/h1-6H. The van der Waals surface area contributed by atoms with Crippen molar-refractivity contribution in [1.29, 1.82) is 0 Å². The van der Waals surface area contributed by atoms with Gasteiger partial charge in [0.2, 0.25) is 0 Å². The molecule has 0 saturated heterocycles. The molecule has 16 heavy (non-hydrogen) atoms. The van der Waals surface area contributed by atoms with Crippen molar-refractivity contribution in [3.05, 3.63) is 42.4 Å². The third kappa shape index (κ3) is 2.00. The highest BCUT2D eigenvalue weighted by atomic mass is 19.4. The van der Waals surface area contributed by atoms with E-state index in [2.05, 4.69) is 15.0 Å². The van der Waals surface area contributed by atoms with E-state index in [1.165, 1.54) is 30.7 Å². The predicted octanol–water partition coefficient (Wildman–Crippen LogP) is 2.56. The summed E-state index contributed by atoms with van der Waals surface area (Å²) >= 11 is 0. The molecular weight excluding hydrogens is 219 g/mol. The molecule has 0 aliphatic rings. The smallest absolute Gasteiger partial charge is 0.252 e. The van der Waals surface area contributed by atoms with Crippen LogP contribution in [-0.4, -0.2) is 15.0 Å². The SMILES string of the molecule is FC(F)(F)c1cccnc1-c1ncccn1. The molecule has 2 heterocycles. The van der Waals surface area contributed by atoms with E-state index < -0.39 is 11.7 Å². The van der Waals surface area contributed by atoms with Gasteiger partial charge in [0, 0.05) is 18.6 Å². The second-order valence-electron chi connectivity index (χ2n) is 2.97. The molecule has 0 fully saturated rings. The van der Waals surface area contributed by atoms with Crippen LogP contribution in [0.1, 0.15) is 5.56 Å². The van der Waals surface area contributed by atoms with E-state index in [1.54, 1.807) is 0 Å². The Hall–Kier alpha value is -1.98. The number of pyridine rings is 1. The van der Waals surface area contributed by atoms with Crippen LogP contribution in [0.2, 0.25) is 0 Å². The van der Waals surface area contributed by atoms with Gasteiger partial charge in [-0.25, -0.2) is 9.97 Å². The van der Waals surface area contributed by atoms with Gasteiger partial charge in [-0.2, -0.15) is 13.2 Å². The second kappa shape index (κ2) is 3.88. The van der Waals surface area contributed by atoms with Crippen molar-refractivity contribution in [3.63, 3.8) is 0 Å². The van der Waals surface area contributed by atoms with Crippen molar-refractivity contribution < 1.29 is 13.2 Å². The van der Waals surface area contributed by atoms with Crippen LogP contribution < -0.4 is 0 Å². The average molecular weight is 225 g/mol. The van der Waals surface area contributed by atoms with Crippen LogP contribution in [0.5, 0.6) is 0 Å². The van der Waals surface area contributed by atoms with Crippen LogP contribution in [0, 0.1) is 0 Å². The first-order valence-corrected chi connectivity index (χ1v) is 4.38. The Morgan fingerprint density at radius 2 is 1.50 bits per heavy atom. The van der Waals surface area contributed by atoms with Gasteiger partial charge in [0.1, 0.15) is 5.69 Å². The fraction of sp³-hybridized carbons (Fsp3) is 0.100. The third-order valence-corrected chi connectivity index (χ3v) is 1.89. The molecule has 2 rings (SSSR count). The number of hydrogen-bond donors (Lipinski definition) is 0. The van der Waals surface area contributed by atoms with Gasteiger partial charge in [-0.1, -0.05) is 0 Å². The number of hydrogen-bond acceptors (Lipinski definition) is 3. The molecule has 3 nitrogen and oxygen atoms in total. The van der Waals surface area contributed by atoms with Gasteiger partial charge < -0.3 is 0 Å². The summed E-state index contributed by atoms with van der Waals surface area (Å²) < 4.78 is 37.9. The molecule has 2 aromatic rings. The van der Waals surface area contributed by atoms with Gasteiger partial charge in [0.05, 0.1) is 5.56 Å². The van der Waals surface area contributed by atoms with Crippen molar-refractivity contribution in [2.24, 2.45) is 0 Å². The second-order valence-corrected chi connectivity index (χ2v) is 2.97. The minimum atomic E-state index is -4.46. The van der Waals surface area contributed by atoms with Gasteiger partial charge in [0.15, 0.2) is 5.82 Å². The lowest BCUT2D eigenvalue weighted by Gasteiger charge is -2.09. The number of alkyl halides is 3. The number of halogens is 3. The monoisotopic (exact) mass is 225 g/mol. The summed E-state index contributed by atoms with van der Waals surface area (Å²) in [5.41, 5.74) is -1.09. The zero-order valence-electron chi connectivity index (χ0n) is 7.94. The zero-order chi connectivity index (χ0) is 11.6. The van der Waals surface area contributed by atoms with Crippen molar-refractivity contribution in [2.75, 3.05) is 0 Å². The molecule has 0 bridgehead atoms. The number of nitrogens with zero attached hydrogens (tertiary/aromatic N) is 3. The Labute approximate surface area is 89.0 Å². The number of rotatable bonds is 1. The van der Waals surface area contributed by atoms with Crippen LogP contribution in [-0.2, 0) is 6.18 Å². The summed E-state index contributed by atoms with van der Waals surface area (Å²) in [5, 5.41) is 0. The molecular formula is C10H6F3N3. The van der Waals surface area contributed by atoms with E-state index >= 15 is 0 Å². The highest BCUT2D eigenvalue weighted by Crippen LogP contribution is 2.34. The van der Waals surface area contributed by atoms with Crippen molar-refractivity contribution in [2.45, 2.75) is 6.18 Å². The van der Waals surface area contributed by atoms with E-state index in [0.29, 0.717) is 0 Å². The molecule has 0 saturated carbocycles. The molecule has 0 N–H and O–H groups in total. The minimum absolute atomic E-state index is 0.0320. The van der Waals surface area contributed by atoms with Crippen molar-refractivity contribution in [3.8, 4) is 11.5 Å². The first kappa shape index (κ1) is 10.5. The highest BCUT2D eigenvalue weighted by molar-refractivity contribution is 5.55. The fourth-order valence-corrected chi connectivity index (χ4v) is 1.23. The van der Waals surface area contributed by atoms with E-state index in [0.717, 1.165) is 6.07 Å². The minimum Gasteiger partial charge on any atom is -0.252 e. The van der Waals surface area contributed by atoms with E-state index in [1.807, 2.05) is 0 Å². The first-order chi connectivity index (χ1) is 7.59. The normalized spacial score (nSPS) is 11.4. The predicted molar refractivity (Wildman–Crippen MR) is 50.3 cm³/mol. The van der Waals surface area contributed by atoms with Crippen molar-refractivity contribution in [1.82, 2.24) is 15.0 Å². The summed E-state index contributed by atoms with van der Waals surface area (Å²) in [6.45, 7) is 0. The van der Waals surface area contributed by atoms with Gasteiger partial charge in [-0.15, -0.1) is 0 Å². The molecule has 0 aromatic carbocycles. The maximum atomic E-state index is 12.6. The Morgan fingerprint density at radius 3 is 2.12 bits per heavy atom. The summed E-state index contributed by atoms with van der Waals surface area (Å²) in [5.74, 6) is -0.0320. The molecule has 2 aromatic heterocycles. The molecule has 0 spiro atoms. The van der Waals surface area contributed by atoms with Gasteiger partial charge in [0.25, 0.3) is 0 Å². The summed E-state index contributed by atoms with van der Waals surface area (Å²) in [6.07, 6.45) is -0.432. The molecule has 6 heteroatoms. The van der Waals surface area contributed by atoms with Gasteiger partial charge in [-0.05, 0) is 18.2 Å². The Bertz CT molecular complexity index is 482. The molecule has 0 amide bonds. The first-order valence-electron chi connectivity index (χ1n) is 4.38. The highest BCUT2D eigenvalue weighted by Gasteiger charge is 2.34. The summed E-state index contributed by atoms with van der Waals surface area (Å²) in [6, 6.07) is 3.72. The number of aromatic nitrogens is 3. The van der Waals surface area contributed by atoms with Crippen LogP contribution in [0.25, 0.3) is 11.5 Å². The fourth-order valence-electron chi connectivity index (χ4n) is 1.23. The maximum absolute atomic E-state index is 12.6. The molecule has 0 atom stereocenters. The topological polar surface area (TPSA) is 38.7 Å². The third-order valence-electron chi connectivity index (χ3n) is 1.89. The van der Waals surface area contributed by atoms with E-state index in [4.69, 9.17) is 0 Å².